The molecule has 0 aliphatic rings. The predicted molar refractivity (Wildman–Crippen MR) is 64.2 cm³/mol. The number of thioether (sulfide) groups is 1. The van der Waals surface area contributed by atoms with E-state index in [9.17, 15) is 4.79 Å². The van der Waals surface area contributed by atoms with E-state index in [1.165, 1.54) is 0 Å². The summed E-state index contributed by atoms with van der Waals surface area (Å²) in [5.74, 6) is 1.46. The van der Waals surface area contributed by atoms with Crippen molar-refractivity contribution in [1.29, 1.82) is 0 Å². The summed E-state index contributed by atoms with van der Waals surface area (Å²) in [4.78, 5) is 16.7. The maximum Gasteiger partial charge on any atom is 0.310 e. The lowest BCUT2D eigenvalue weighted by molar-refractivity contribution is -0.0598. The highest BCUT2D eigenvalue weighted by molar-refractivity contribution is 7.97. The van der Waals surface area contributed by atoms with E-state index in [4.69, 9.17) is 9.25 Å². The maximum absolute atomic E-state index is 11.6. The molecule has 0 radical (unpaired) electrons. The van der Waals surface area contributed by atoms with Crippen LogP contribution in [0, 0.1) is 0 Å². The van der Waals surface area contributed by atoms with Crippen molar-refractivity contribution in [3.05, 3.63) is 23.7 Å². The van der Waals surface area contributed by atoms with E-state index in [2.05, 4.69) is 5.48 Å². The summed E-state index contributed by atoms with van der Waals surface area (Å²) in [6.07, 6.45) is 1.98. The van der Waals surface area contributed by atoms with Gasteiger partial charge in [-0.3, -0.25) is 9.63 Å². The summed E-state index contributed by atoms with van der Waals surface area (Å²) in [6, 6.07) is 3.44. The zero-order valence-corrected chi connectivity index (χ0v) is 10.8. The minimum atomic E-state index is -0.412. The molecule has 0 aliphatic carbocycles. The molecule has 0 aliphatic heterocycles. The van der Waals surface area contributed by atoms with Crippen LogP contribution < -0.4 is 5.48 Å². The smallest absolute Gasteiger partial charge is 0.310 e. The largest absolute Gasteiger partial charge is 0.455 e. The summed E-state index contributed by atoms with van der Waals surface area (Å²) in [6.45, 7) is 5.57. The van der Waals surface area contributed by atoms with Crippen LogP contribution in [0.4, 0.5) is 0 Å². The quantitative estimate of drug-likeness (QED) is 0.826. The van der Waals surface area contributed by atoms with Gasteiger partial charge in [-0.05, 0) is 39.2 Å². The number of hydroxylamine groups is 1. The second kappa shape index (κ2) is 5.41. The zero-order valence-electron chi connectivity index (χ0n) is 9.99. The average molecular weight is 243 g/mol. The summed E-state index contributed by atoms with van der Waals surface area (Å²) in [7, 11) is 0. The summed E-state index contributed by atoms with van der Waals surface area (Å²) < 4.78 is 5.34. The number of furan rings is 1. The van der Waals surface area contributed by atoms with Gasteiger partial charge in [0.05, 0.1) is 11.4 Å². The molecule has 0 saturated heterocycles. The van der Waals surface area contributed by atoms with Gasteiger partial charge in [0, 0.05) is 0 Å². The van der Waals surface area contributed by atoms with Crippen molar-refractivity contribution in [3.8, 4) is 0 Å². The minimum absolute atomic E-state index is 0.272. The molecule has 16 heavy (non-hydrogen) atoms. The maximum atomic E-state index is 11.6. The summed E-state index contributed by atoms with van der Waals surface area (Å²) in [5.41, 5.74) is 1.94. The van der Waals surface area contributed by atoms with Crippen LogP contribution in [0.1, 0.15) is 37.1 Å². The highest BCUT2D eigenvalue weighted by Gasteiger charge is 2.16. The molecule has 0 saturated carbocycles. The van der Waals surface area contributed by atoms with Crippen molar-refractivity contribution in [1.82, 2.24) is 5.48 Å². The normalized spacial score (nSPS) is 11.5. The van der Waals surface area contributed by atoms with Crippen LogP contribution in [0.25, 0.3) is 0 Å². The van der Waals surface area contributed by atoms with Crippen LogP contribution in [0.5, 0.6) is 0 Å². The number of amides is 1. The fourth-order valence-electron chi connectivity index (χ4n) is 0.970. The molecule has 0 spiro atoms. The average Bonchev–Trinajstić information content (AvgIpc) is 2.62. The van der Waals surface area contributed by atoms with Crippen LogP contribution in [0.2, 0.25) is 0 Å². The molecule has 4 nitrogen and oxygen atoms in total. The second-order valence-electron chi connectivity index (χ2n) is 4.34. The van der Waals surface area contributed by atoms with E-state index in [-0.39, 0.29) is 11.7 Å². The monoisotopic (exact) mass is 243 g/mol. The Kier molecular flexibility index (Phi) is 4.44. The molecular formula is C11H17NO3S. The lowest BCUT2D eigenvalue weighted by Crippen LogP contribution is -2.33. The van der Waals surface area contributed by atoms with Crippen LogP contribution in [0.3, 0.4) is 0 Å². The molecule has 1 heterocycles. The third-order valence-electron chi connectivity index (χ3n) is 1.62. The van der Waals surface area contributed by atoms with Crippen molar-refractivity contribution in [2.75, 3.05) is 6.26 Å². The van der Waals surface area contributed by atoms with Gasteiger partial charge in [0.1, 0.15) is 5.76 Å². The first-order valence-corrected chi connectivity index (χ1v) is 6.38. The molecular weight excluding hydrogens is 226 g/mol. The number of hydrogen-bond donors (Lipinski definition) is 1. The van der Waals surface area contributed by atoms with Crippen molar-refractivity contribution >= 4 is 17.7 Å². The van der Waals surface area contributed by atoms with E-state index in [1.54, 1.807) is 23.9 Å². The molecule has 1 rings (SSSR count). The molecule has 0 fully saturated rings. The van der Waals surface area contributed by atoms with Crippen molar-refractivity contribution in [2.45, 2.75) is 32.1 Å². The molecule has 0 aromatic carbocycles. The number of hydrogen-bond acceptors (Lipinski definition) is 4. The van der Waals surface area contributed by atoms with Gasteiger partial charge in [-0.25, -0.2) is 5.48 Å². The molecule has 1 amide bonds. The molecule has 1 aromatic rings. The Balaban J connectivity index is 2.53. The third kappa shape index (κ3) is 4.28. The Hall–Kier alpha value is -0.940. The van der Waals surface area contributed by atoms with Crippen molar-refractivity contribution in [2.24, 2.45) is 0 Å². The zero-order chi connectivity index (χ0) is 12.2. The van der Waals surface area contributed by atoms with E-state index in [1.807, 2.05) is 27.0 Å². The van der Waals surface area contributed by atoms with Crippen molar-refractivity contribution in [3.63, 3.8) is 0 Å². The third-order valence-corrected chi connectivity index (χ3v) is 2.20. The van der Waals surface area contributed by atoms with Gasteiger partial charge in [-0.15, -0.1) is 0 Å². The van der Waals surface area contributed by atoms with E-state index in [0.717, 1.165) is 11.5 Å². The predicted octanol–water partition coefficient (Wildman–Crippen LogP) is 2.60. The van der Waals surface area contributed by atoms with Gasteiger partial charge in [-0.2, -0.15) is 11.8 Å². The molecule has 1 aromatic heterocycles. The van der Waals surface area contributed by atoms with Gasteiger partial charge in [-0.1, -0.05) is 0 Å². The van der Waals surface area contributed by atoms with Gasteiger partial charge in [0.15, 0.2) is 5.76 Å². The molecule has 90 valence electrons. The Bertz CT molecular complexity index is 354. The Morgan fingerprint density at radius 2 is 2.19 bits per heavy atom. The number of carbonyl (C=O) groups is 1. The highest BCUT2D eigenvalue weighted by atomic mass is 32.2. The standard InChI is InChI=1S/C11H17NO3S/c1-11(2,3)15-12-10(13)9-6-5-8(14-9)7-16-4/h5-6H,7H2,1-4H3,(H,12,13). The molecule has 0 bridgehead atoms. The van der Waals surface area contributed by atoms with Gasteiger partial charge >= 0.3 is 5.91 Å². The molecule has 0 atom stereocenters. The second-order valence-corrected chi connectivity index (χ2v) is 5.21. The van der Waals surface area contributed by atoms with Gasteiger partial charge < -0.3 is 4.42 Å². The van der Waals surface area contributed by atoms with Crippen LogP contribution in [-0.4, -0.2) is 17.8 Å². The first kappa shape index (κ1) is 13.1. The van der Waals surface area contributed by atoms with Gasteiger partial charge in [0.25, 0.3) is 0 Å². The fraction of sp³-hybridized carbons (Fsp3) is 0.545. The van der Waals surface area contributed by atoms with E-state index < -0.39 is 5.60 Å². The number of nitrogens with one attached hydrogen (secondary N) is 1. The summed E-state index contributed by atoms with van der Waals surface area (Å²) in [5, 5.41) is 0. The summed E-state index contributed by atoms with van der Waals surface area (Å²) >= 11 is 1.64. The first-order valence-electron chi connectivity index (χ1n) is 4.98. The highest BCUT2D eigenvalue weighted by Crippen LogP contribution is 2.13. The molecule has 1 N–H and O–H groups in total. The minimum Gasteiger partial charge on any atom is -0.455 e. The van der Waals surface area contributed by atoms with Crippen molar-refractivity contribution < 1.29 is 14.0 Å². The van der Waals surface area contributed by atoms with Crippen LogP contribution >= 0.6 is 11.8 Å². The SMILES string of the molecule is CSCc1ccc(C(=O)NOC(C)(C)C)o1. The van der Waals surface area contributed by atoms with Crippen LogP contribution in [-0.2, 0) is 10.6 Å². The lowest BCUT2D eigenvalue weighted by atomic mass is 10.2. The Morgan fingerprint density at radius 3 is 2.75 bits per heavy atom. The first-order chi connectivity index (χ1) is 7.42. The fourth-order valence-corrected chi connectivity index (χ4v) is 1.41. The lowest BCUT2D eigenvalue weighted by Gasteiger charge is -2.18. The Morgan fingerprint density at radius 1 is 1.50 bits per heavy atom. The number of carbonyl (C=O) groups excluding carboxylic acids is 1. The Labute approximate surface area is 99.7 Å². The topological polar surface area (TPSA) is 51.5 Å². The van der Waals surface area contributed by atoms with E-state index in [0.29, 0.717) is 0 Å². The van der Waals surface area contributed by atoms with Gasteiger partial charge in [0.2, 0.25) is 0 Å². The number of rotatable bonds is 4. The molecule has 0 unspecified atom stereocenters. The van der Waals surface area contributed by atoms with Crippen LogP contribution in [0.15, 0.2) is 16.5 Å². The van der Waals surface area contributed by atoms with E-state index >= 15 is 0 Å². The molecule has 5 heteroatoms.